The Balaban J connectivity index is 2.63. The second-order valence-electron chi connectivity index (χ2n) is 2.48. The lowest BCUT2D eigenvalue weighted by atomic mass is 10.2. The summed E-state index contributed by atoms with van der Waals surface area (Å²) < 4.78 is 0. The number of carbonyl (C=O) groups is 1. The lowest BCUT2D eigenvalue weighted by molar-refractivity contribution is -0.118. The van der Waals surface area contributed by atoms with Gasteiger partial charge < -0.3 is 0 Å². The summed E-state index contributed by atoms with van der Waals surface area (Å²) >= 11 is 5.74. The van der Waals surface area contributed by atoms with Crippen LogP contribution in [0.2, 0.25) is 5.02 Å². The van der Waals surface area contributed by atoms with E-state index in [0.29, 0.717) is 5.02 Å². The Kier molecular flexibility index (Phi) is 3.46. The zero-order valence-corrected chi connectivity index (χ0v) is 7.88. The molecule has 1 aromatic rings. The van der Waals surface area contributed by atoms with Crippen LogP contribution in [0.5, 0.6) is 0 Å². The molecule has 0 radical (unpaired) electrons. The van der Waals surface area contributed by atoms with Gasteiger partial charge in [-0.05, 0) is 17.7 Å². The molecule has 0 unspecified atom stereocenters. The Morgan fingerprint density at radius 2 is 2.38 bits per heavy atom. The maximum atomic E-state index is 10.4. The van der Waals surface area contributed by atoms with E-state index in [1.807, 2.05) is 12.1 Å². The summed E-state index contributed by atoms with van der Waals surface area (Å²) in [4.78, 5) is 10.4. The highest BCUT2D eigenvalue weighted by Crippen LogP contribution is 2.08. The molecule has 0 aliphatic heterocycles. The number of nitrogens with one attached hydrogen (secondary N) is 1. The summed E-state index contributed by atoms with van der Waals surface area (Å²) in [7, 11) is 0. The van der Waals surface area contributed by atoms with Crippen LogP contribution in [0.1, 0.15) is 12.5 Å². The van der Waals surface area contributed by atoms with Gasteiger partial charge in [0.05, 0.1) is 6.21 Å². The second kappa shape index (κ2) is 4.62. The van der Waals surface area contributed by atoms with Crippen molar-refractivity contribution in [2.45, 2.75) is 6.92 Å². The van der Waals surface area contributed by atoms with Gasteiger partial charge in [-0.15, -0.1) is 0 Å². The van der Waals surface area contributed by atoms with Gasteiger partial charge >= 0.3 is 0 Å². The number of carbonyl (C=O) groups excluding carboxylic acids is 1. The molecule has 0 saturated heterocycles. The summed E-state index contributed by atoms with van der Waals surface area (Å²) in [6.07, 6.45) is 1.54. The average Bonchev–Trinajstić information content (AvgIpc) is 2.03. The first kappa shape index (κ1) is 9.74. The second-order valence-corrected chi connectivity index (χ2v) is 2.92. The monoisotopic (exact) mass is 196 g/mol. The van der Waals surface area contributed by atoms with Crippen LogP contribution in [-0.2, 0) is 4.79 Å². The van der Waals surface area contributed by atoms with Crippen molar-refractivity contribution in [2.75, 3.05) is 0 Å². The van der Waals surface area contributed by atoms with Gasteiger partial charge in [0.15, 0.2) is 0 Å². The molecule has 0 bridgehead atoms. The quantitative estimate of drug-likeness (QED) is 0.569. The highest BCUT2D eigenvalue weighted by atomic mass is 35.5. The van der Waals surface area contributed by atoms with Gasteiger partial charge in [-0.1, -0.05) is 23.7 Å². The topological polar surface area (TPSA) is 41.5 Å². The lowest BCUT2D eigenvalue weighted by Crippen LogP contribution is -2.12. The van der Waals surface area contributed by atoms with Gasteiger partial charge in [0.25, 0.3) is 0 Å². The van der Waals surface area contributed by atoms with E-state index in [4.69, 9.17) is 11.6 Å². The van der Waals surface area contributed by atoms with Crippen LogP contribution < -0.4 is 5.43 Å². The fourth-order valence-electron chi connectivity index (χ4n) is 0.785. The Bertz CT molecular complexity index is 336. The number of hydrazone groups is 1. The number of halogens is 1. The van der Waals surface area contributed by atoms with Crippen LogP contribution >= 0.6 is 11.6 Å². The average molecular weight is 197 g/mol. The largest absolute Gasteiger partial charge is 0.274 e. The SMILES string of the molecule is CC(=O)N/N=C/c1cccc(Cl)c1. The normalized spacial score (nSPS) is 10.3. The first-order valence-electron chi connectivity index (χ1n) is 3.73. The molecule has 3 nitrogen and oxygen atoms in total. The maximum absolute atomic E-state index is 10.4. The summed E-state index contributed by atoms with van der Waals surface area (Å²) in [5, 5.41) is 4.34. The molecule has 1 rings (SSSR count). The first-order chi connectivity index (χ1) is 6.18. The number of hydrogen-bond acceptors (Lipinski definition) is 2. The van der Waals surface area contributed by atoms with Crippen LogP contribution in [0.25, 0.3) is 0 Å². The predicted molar refractivity (Wildman–Crippen MR) is 52.9 cm³/mol. The number of nitrogens with zero attached hydrogens (tertiary/aromatic N) is 1. The zero-order chi connectivity index (χ0) is 9.68. The Morgan fingerprint density at radius 3 is 3.00 bits per heavy atom. The van der Waals surface area contributed by atoms with E-state index in [0.717, 1.165) is 5.56 Å². The molecule has 0 aliphatic carbocycles. The first-order valence-corrected chi connectivity index (χ1v) is 4.11. The minimum absolute atomic E-state index is 0.196. The molecule has 0 fully saturated rings. The van der Waals surface area contributed by atoms with Gasteiger partial charge in [-0.25, -0.2) is 5.43 Å². The Hall–Kier alpha value is -1.35. The van der Waals surface area contributed by atoms with Gasteiger partial charge in [-0.3, -0.25) is 4.79 Å². The van der Waals surface area contributed by atoms with Crippen LogP contribution in [0, 0.1) is 0 Å². The van der Waals surface area contributed by atoms with Crippen molar-refractivity contribution in [3.63, 3.8) is 0 Å². The third-order valence-electron chi connectivity index (χ3n) is 1.28. The molecule has 0 spiro atoms. The standard InChI is InChI=1S/C9H9ClN2O/c1-7(13)12-11-6-8-3-2-4-9(10)5-8/h2-6H,1H3,(H,12,13)/b11-6+. The zero-order valence-electron chi connectivity index (χ0n) is 7.12. The van der Waals surface area contributed by atoms with E-state index in [2.05, 4.69) is 10.5 Å². The number of benzene rings is 1. The van der Waals surface area contributed by atoms with Gasteiger partial charge in [0, 0.05) is 11.9 Å². The molecule has 0 saturated carbocycles. The highest BCUT2D eigenvalue weighted by Gasteiger charge is 1.89. The van der Waals surface area contributed by atoms with E-state index in [9.17, 15) is 4.79 Å². The molecule has 1 amide bonds. The van der Waals surface area contributed by atoms with Gasteiger partial charge in [0.2, 0.25) is 5.91 Å². The lowest BCUT2D eigenvalue weighted by Gasteiger charge is -1.93. The third-order valence-corrected chi connectivity index (χ3v) is 1.52. The van der Waals surface area contributed by atoms with Crippen LogP contribution in [0.3, 0.4) is 0 Å². The minimum Gasteiger partial charge on any atom is -0.274 e. The number of hydrogen-bond donors (Lipinski definition) is 1. The molecule has 4 heteroatoms. The molecule has 1 N–H and O–H groups in total. The summed E-state index contributed by atoms with van der Waals surface area (Å²) in [6, 6.07) is 7.19. The summed E-state index contributed by atoms with van der Waals surface area (Å²) in [5.41, 5.74) is 3.15. The predicted octanol–water partition coefficient (Wildman–Crippen LogP) is 1.81. The Morgan fingerprint density at radius 1 is 1.62 bits per heavy atom. The molecule has 1 aromatic carbocycles. The summed E-state index contributed by atoms with van der Waals surface area (Å²) in [5.74, 6) is -0.196. The van der Waals surface area contributed by atoms with Crippen molar-refractivity contribution in [1.29, 1.82) is 0 Å². The van der Waals surface area contributed by atoms with Crippen LogP contribution in [-0.4, -0.2) is 12.1 Å². The van der Waals surface area contributed by atoms with Crippen molar-refractivity contribution >= 4 is 23.7 Å². The molecule has 0 aromatic heterocycles. The highest BCUT2D eigenvalue weighted by molar-refractivity contribution is 6.30. The minimum atomic E-state index is -0.196. The van der Waals surface area contributed by atoms with E-state index in [1.54, 1.807) is 12.1 Å². The number of rotatable bonds is 2. The van der Waals surface area contributed by atoms with Crippen molar-refractivity contribution in [2.24, 2.45) is 5.10 Å². The third kappa shape index (κ3) is 3.71. The molecular weight excluding hydrogens is 188 g/mol. The van der Waals surface area contributed by atoms with E-state index in [1.165, 1.54) is 13.1 Å². The number of amides is 1. The van der Waals surface area contributed by atoms with Crippen LogP contribution in [0.4, 0.5) is 0 Å². The molecule has 13 heavy (non-hydrogen) atoms. The smallest absolute Gasteiger partial charge is 0.236 e. The fourth-order valence-corrected chi connectivity index (χ4v) is 0.983. The van der Waals surface area contributed by atoms with Crippen molar-refractivity contribution in [3.8, 4) is 0 Å². The molecule has 0 heterocycles. The fraction of sp³-hybridized carbons (Fsp3) is 0.111. The van der Waals surface area contributed by atoms with E-state index >= 15 is 0 Å². The van der Waals surface area contributed by atoms with Gasteiger partial charge in [0.1, 0.15) is 0 Å². The molecule has 0 atom stereocenters. The Labute approximate surface area is 81.4 Å². The van der Waals surface area contributed by atoms with Crippen LogP contribution in [0.15, 0.2) is 29.4 Å². The van der Waals surface area contributed by atoms with Crippen molar-refractivity contribution < 1.29 is 4.79 Å². The molecule has 0 aliphatic rings. The van der Waals surface area contributed by atoms with Crippen molar-refractivity contribution in [1.82, 2.24) is 5.43 Å². The van der Waals surface area contributed by atoms with Crippen molar-refractivity contribution in [3.05, 3.63) is 34.9 Å². The van der Waals surface area contributed by atoms with E-state index in [-0.39, 0.29) is 5.91 Å². The molecule has 68 valence electrons. The van der Waals surface area contributed by atoms with E-state index < -0.39 is 0 Å². The maximum Gasteiger partial charge on any atom is 0.236 e. The molecular formula is C9H9ClN2O. The van der Waals surface area contributed by atoms with Gasteiger partial charge in [-0.2, -0.15) is 5.10 Å². The summed E-state index contributed by atoms with van der Waals surface area (Å²) in [6.45, 7) is 1.40.